The molecule has 0 aliphatic carbocycles. The second-order valence-corrected chi connectivity index (χ2v) is 6.97. The maximum absolute atomic E-state index is 12.8. The van der Waals surface area contributed by atoms with Crippen LogP contribution in [0.3, 0.4) is 0 Å². The lowest BCUT2D eigenvalue weighted by atomic mass is 10.2. The van der Waals surface area contributed by atoms with Crippen molar-refractivity contribution < 1.29 is 9.53 Å². The number of carbonyl (C=O) groups excluding carboxylic acids is 1. The molecule has 0 fully saturated rings. The lowest BCUT2D eigenvalue weighted by Crippen LogP contribution is -2.23. The highest BCUT2D eigenvalue weighted by Gasteiger charge is 2.18. The summed E-state index contributed by atoms with van der Waals surface area (Å²) in [5, 5.41) is 7.13. The molecule has 0 unspecified atom stereocenters. The van der Waals surface area contributed by atoms with Gasteiger partial charge < -0.3 is 9.64 Å². The van der Waals surface area contributed by atoms with Gasteiger partial charge in [0.1, 0.15) is 6.61 Å². The summed E-state index contributed by atoms with van der Waals surface area (Å²) in [7, 11) is 3.88. The summed E-state index contributed by atoms with van der Waals surface area (Å²) in [6.45, 7) is 1.55. The molecule has 8 heteroatoms. The minimum atomic E-state index is -0.388. The van der Waals surface area contributed by atoms with Gasteiger partial charge in [0.25, 0.3) is 0 Å². The topological polar surface area (TPSA) is 75.8 Å². The summed E-state index contributed by atoms with van der Waals surface area (Å²) < 4.78 is 7.10. The molecule has 29 heavy (non-hydrogen) atoms. The van der Waals surface area contributed by atoms with Crippen molar-refractivity contribution in [3.63, 3.8) is 0 Å². The number of hydrogen-bond acceptors (Lipinski definition) is 7. The monoisotopic (exact) mass is 390 g/mol. The minimum absolute atomic E-state index is 0.330. The van der Waals surface area contributed by atoms with Gasteiger partial charge in [0.2, 0.25) is 0 Å². The number of hydrazone groups is 1. The van der Waals surface area contributed by atoms with Crippen LogP contribution in [0.1, 0.15) is 5.69 Å². The fourth-order valence-corrected chi connectivity index (χ4v) is 3.10. The van der Waals surface area contributed by atoms with E-state index in [-0.39, 0.29) is 6.09 Å². The Morgan fingerprint density at radius 2 is 2.14 bits per heavy atom. The van der Waals surface area contributed by atoms with Crippen LogP contribution in [0.4, 0.5) is 10.6 Å². The van der Waals surface area contributed by atoms with Crippen molar-refractivity contribution >= 4 is 35.1 Å². The molecule has 148 valence electrons. The summed E-state index contributed by atoms with van der Waals surface area (Å²) in [4.78, 5) is 23.1. The predicted octanol–water partition coefficient (Wildman–Crippen LogP) is 2.87. The van der Waals surface area contributed by atoms with E-state index < -0.39 is 0 Å². The van der Waals surface area contributed by atoms with Crippen molar-refractivity contribution in [3.8, 4) is 0 Å². The Hall–Kier alpha value is -3.52. The summed E-state index contributed by atoms with van der Waals surface area (Å²) in [6.07, 6.45) is 8.26. The van der Waals surface area contributed by atoms with Gasteiger partial charge in [-0.3, -0.25) is 4.98 Å². The van der Waals surface area contributed by atoms with Gasteiger partial charge in [0.15, 0.2) is 5.82 Å². The van der Waals surface area contributed by atoms with Gasteiger partial charge in [-0.2, -0.15) is 5.10 Å². The fourth-order valence-electron chi connectivity index (χ4n) is 3.10. The van der Waals surface area contributed by atoms with Gasteiger partial charge in [0.05, 0.1) is 30.2 Å². The lowest BCUT2D eigenvalue weighted by Gasteiger charge is -2.12. The number of likely N-dealkylation sites (N-methyl/N-ethyl adjacent to an activating group) is 1. The lowest BCUT2D eigenvalue weighted by molar-refractivity contribution is 0.139. The van der Waals surface area contributed by atoms with E-state index in [2.05, 4.69) is 15.1 Å². The quantitative estimate of drug-likeness (QED) is 0.667. The number of fused-ring (bicyclic) bond motifs is 1. The predicted molar refractivity (Wildman–Crippen MR) is 113 cm³/mol. The maximum atomic E-state index is 12.8. The van der Waals surface area contributed by atoms with Crippen molar-refractivity contribution in [1.82, 2.24) is 19.4 Å². The molecule has 1 aliphatic heterocycles. The van der Waals surface area contributed by atoms with Crippen molar-refractivity contribution in [3.05, 3.63) is 60.2 Å². The number of para-hydroxylation sites is 1. The molecule has 0 bridgehead atoms. The Morgan fingerprint density at radius 1 is 1.28 bits per heavy atom. The molecule has 0 spiro atoms. The van der Waals surface area contributed by atoms with Gasteiger partial charge >= 0.3 is 6.09 Å². The third kappa shape index (κ3) is 4.17. The zero-order valence-electron chi connectivity index (χ0n) is 16.4. The molecule has 8 nitrogen and oxygen atoms in total. The molecule has 0 N–H and O–H groups in total. The normalized spacial score (nSPS) is 15.0. The van der Waals surface area contributed by atoms with Crippen LogP contribution >= 0.6 is 0 Å². The van der Waals surface area contributed by atoms with Crippen LogP contribution in [-0.2, 0) is 4.74 Å². The summed E-state index contributed by atoms with van der Waals surface area (Å²) in [5.74, 6) is 0.677. The first-order valence-corrected chi connectivity index (χ1v) is 9.32. The van der Waals surface area contributed by atoms with E-state index in [9.17, 15) is 4.79 Å². The standard InChI is InChI=1S/C21H22N6O2/c1-25(2)9-10-29-21(28)27-18(12-17-5-3-4-6-19(17)27)11-16-13-24-26(15-16)20-14-22-7-8-23-20/h3-8,11-14H,9-10,15H2,1-2H3/b16-11+. The first-order valence-electron chi connectivity index (χ1n) is 9.32. The molecule has 3 aromatic rings. The molecule has 0 amide bonds. The highest BCUT2D eigenvalue weighted by atomic mass is 16.5. The van der Waals surface area contributed by atoms with Gasteiger partial charge in [-0.25, -0.2) is 19.4 Å². The van der Waals surface area contributed by atoms with E-state index >= 15 is 0 Å². The van der Waals surface area contributed by atoms with Crippen molar-refractivity contribution in [1.29, 1.82) is 0 Å². The molecule has 0 saturated heterocycles. The Kier molecular flexibility index (Phi) is 5.35. The largest absolute Gasteiger partial charge is 0.448 e. The molecule has 0 radical (unpaired) electrons. The van der Waals surface area contributed by atoms with Gasteiger partial charge in [-0.1, -0.05) is 18.2 Å². The van der Waals surface area contributed by atoms with Crippen LogP contribution in [0, 0.1) is 0 Å². The van der Waals surface area contributed by atoms with Crippen LogP contribution in [0.5, 0.6) is 0 Å². The fraction of sp³-hybridized carbons (Fsp3) is 0.238. The van der Waals surface area contributed by atoms with E-state index in [1.54, 1.807) is 34.4 Å². The number of hydrogen-bond donors (Lipinski definition) is 0. The molecule has 0 saturated carbocycles. The highest BCUT2D eigenvalue weighted by molar-refractivity contribution is 5.96. The van der Waals surface area contributed by atoms with E-state index in [1.165, 1.54) is 0 Å². The molecule has 4 rings (SSSR count). The first-order chi connectivity index (χ1) is 14.1. The van der Waals surface area contributed by atoms with Crippen LogP contribution < -0.4 is 5.01 Å². The van der Waals surface area contributed by atoms with E-state index in [0.717, 1.165) is 22.2 Å². The van der Waals surface area contributed by atoms with Crippen LogP contribution in [0.2, 0.25) is 0 Å². The number of nitrogens with zero attached hydrogens (tertiary/aromatic N) is 6. The third-order valence-electron chi connectivity index (χ3n) is 4.53. The van der Waals surface area contributed by atoms with Gasteiger partial charge in [0, 0.05) is 24.3 Å². The maximum Gasteiger partial charge on any atom is 0.419 e. The van der Waals surface area contributed by atoms with E-state index in [4.69, 9.17) is 4.74 Å². The summed E-state index contributed by atoms with van der Waals surface area (Å²) >= 11 is 0. The third-order valence-corrected chi connectivity index (χ3v) is 4.53. The Labute approximate surface area is 168 Å². The van der Waals surface area contributed by atoms with Crippen molar-refractivity contribution in [2.75, 3.05) is 38.8 Å². The Balaban J connectivity index is 1.61. The van der Waals surface area contributed by atoms with Crippen LogP contribution in [-0.4, -0.2) is 65.5 Å². The highest BCUT2D eigenvalue weighted by Crippen LogP contribution is 2.24. The number of anilines is 1. The van der Waals surface area contributed by atoms with Gasteiger partial charge in [-0.15, -0.1) is 0 Å². The molecule has 3 heterocycles. The average molecular weight is 390 g/mol. The zero-order valence-corrected chi connectivity index (χ0v) is 16.4. The first kappa shape index (κ1) is 18.8. The minimum Gasteiger partial charge on any atom is -0.448 e. The molecular formula is C21H22N6O2. The molecule has 2 aromatic heterocycles. The van der Waals surface area contributed by atoms with E-state index in [1.807, 2.05) is 55.4 Å². The van der Waals surface area contributed by atoms with Crippen LogP contribution in [0.25, 0.3) is 17.0 Å². The van der Waals surface area contributed by atoms with Crippen LogP contribution in [0.15, 0.2) is 59.6 Å². The molecule has 1 aliphatic rings. The molecule has 0 atom stereocenters. The SMILES string of the molecule is CN(C)CCOC(=O)n1c(/C=C2\C=NN(c3cnccn3)C2)cc2ccccc21. The number of rotatable bonds is 5. The number of aromatic nitrogens is 3. The second-order valence-electron chi connectivity index (χ2n) is 6.97. The number of ether oxygens (including phenoxy) is 1. The van der Waals surface area contributed by atoms with Crippen molar-refractivity contribution in [2.45, 2.75) is 0 Å². The number of benzene rings is 1. The Morgan fingerprint density at radius 3 is 2.93 bits per heavy atom. The average Bonchev–Trinajstić information content (AvgIpc) is 3.33. The smallest absolute Gasteiger partial charge is 0.419 e. The molecule has 1 aromatic carbocycles. The summed E-state index contributed by atoms with van der Waals surface area (Å²) in [5.41, 5.74) is 2.53. The summed E-state index contributed by atoms with van der Waals surface area (Å²) in [6, 6.07) is 9.74. The van der Waals surface area contributed by atoms with E-state index in [0.29, 0.717) is 25.5 Å². The zero-order chi connectivity index (χ0) is 20.2. The van der Waals surface area contributed by atoms with Gasteiger partial charge in [-0.05, 0) is 37.9 Å². The molecular weight excluding hydrogens is 368 g/mol. The van der Waals surface area contributed by atoms with Crippen molar-refractivity contribution in [2.24, 2.45) is 5.10 Å². The number of carbonyl (C=O) groups is 1. The second kappa shape index (κ2) is 8.24. The Bertz CT molecular complexity index is 1070.